The summed E-state index contributed by atoms with van der Waals surface area (Å²) in [5.74, 6) is 0. The number of imidazole rings is 1. The Bertz CT molecular complexity index is 632. The second-order valence-corrected chi connectivity index (χ2v) is 20.2. The maximum absolute atomic E-state index is 13.4. The van der Waals surface area contributed by atoms with E-state index in [0.29, 0.717) is 5.65 Å². The summed E-state index contributed by atoms with van der Waals surface area (Å²) in [6.45, 7) is 6.75. The molecule has 0 unspecified atom stereocenters. The van der Waals surface area contributed by atoms with E-state index in [2.05, 4.69) is 25.8 Å². The van der Waals surface area contributed by atoms with Crippen molar-refractivity contribution in [2.75, 3.05) is 0 Å². The molecule has 0 spiro atoms. The first-order valence-electron chi connectivity index (χ1n) is 9.84. The summed E-state index contributed by atoms with van der Waals surface area (Å²) in [6.07, 6.45) is 8.83. The number of rotatable bonds is 11. The van der Waals surface area contributed by atoms with E-state index in [1.807, 2.05) is 16.8 Å². The van der Waals surface area contributed by atoms with Gasteiger partial charge in [-0.05, 0) is 0 Å². The van der Waals surface area contributed by atoms with E-state index in [4.69, 9.17) is 0 Å². The predicted molar refractivity (Wildman–Crippen MR) is 105 cm³/mol. The second-order valence-electron chi connectivity index (χ2n) is 7.19. The number of halogens is 2. The summed E-state index contributed by atoms with van der Waals surface area (Å²) in [6, 6.07) is 3.27. The van der Waals surface area contributed by atoms with Gasteiger partial charge in [0.15, 0.2) is 0 Å². The Morgan fingerprint density at radius 3 is 2.04 bits per heavy atom. The number of unbranched alkanes of at least 4 members (excludes halogenated alkanes) is 3. The van der Waals surface area contributed by atoms with Crippen LogP contribution >= 0.6 is 0 Å². The van der Waals surface area contributed by atoms with Crippen LogP contribution in [0.2, 0.25) is 13.3 Å². The summed E-state index contributed by atoms with van der Waals surface area (Å²) in [4.78, 5) is 4.47. The monoisotopic (exact) mass is 458 g/mol. The molecular formula is C20H32F2N2Sn. The van der Waals surface area contributed by atoms with E-state index in [-0.39, 0.29) is 5.56 Å². The molecule has 0 bridgehead atoms. The first-order valence-corrected chi connectivity index (χ1v) is 17.3. The Balaban J connectivity index is 2.54. The van der Waals surface area contributed by atoms with Crippen molar-refractivity contribution < 1.29 is 8.78 Å². The van der Waals surface area contributed by atoms with Crippen LogP contribution in [0, 0.1) is 0 Å². The molecule has 2 heterocycles. The molecule has 0 aliphatic carbocycles. The molecular weight excluding hydrogens is 425 g/mol. The number of nitrogens with zero attached hydrogens (tertiary/aromatic N) is 2. The Morgan fingerprint density at radius 2 is 1.56 bits per heavy atom. The van der Waals surface area contributed by atoms with E-state index >= 15 is 0 Å². The zero-order valence-electron chi connectivity index (χ0n) is 15.9. The van der Waals surface area contributed by atoms with Gasteiger partial charge in [0, 0.05) is 0 Å². The van der Waals surface area contributed by atoms with Crippen molar-refractivity contribution in [3.63, 3.8) is 0 Å². The minimum atomic E-state index is -2.67. The SMILES string of the molecule is CCC[CH2][Sn]([CH2]CCC)([CH2]CCC)[c]1cnc2c(C(F)F)cccn12. The molecule has 0 atom stereocenters. The van der Waals surface area contributed by atoms with Gasteiger partial charge in [0.05, 0.1) is 0 Å². The van der Waals surface area contributed by atoms with Crippen LogP contribution in [0.4, 0.5) is 8.78 Å². The van der Waals surface area contributed by atoms with Crippen LogP contribution in [-0.2, 0) is 0 Å². The van der Waals surface area contributed by atoms with Gasteiger partial charge in [0.1, 0.15) is 0 Å². The third-order valence-corrected chi connectivity index (χ3v) is 20.8. The molecule has 0 aliphatic heterocycles. The first-order chi connectivity index (χ1) is 12.1. The Labute approximate surface area is 154 Å². The third-order valence-electron chi connectivity index (χ3n) is 5.37. The quantitative estimate of drug-likeness (QED) is 0.361. The molecule has 2 aromatic rings. The molecule has 2 rings (SSSR count). The molecule has 0 aliphatic rings. The van der Waals surface area contributed by atoms with Gasteiger partial charge in [-0.25, -0.2) is 0 Å². The van der Waals surface area contributed by atoms with Crippen LogP contribution in [0.5, 0.6) is 0 Å². The molecule has 2 aromatic heterocycles. The zero-order chi connectivity index (χ0) is 18.3. The van der Waals surface area contributed by atoms with Crippen molar-refractivity contribution in [3.05, 3.63) is 30.1 Å². The van der Waals surface area contributed by atoms with Gasteiger partial charge in [0.2, 0.25) is 0 Å². The van der Waals surface area contributed by atoms with Gasteiger partial charge in [-0.15, -0.1) is 0 Å². The standard InChI is InChI=1S/C8H5F2N2.3C4H9.Sn/c9-7(10)6-2-1-4-12-5-3-11-8(6)12;3*1-3-4-2;/h1-4,7H;3*1,3-4H2,2H3;. The van der Waals surface area contributed by atoms with E-state index in [9.17, 15) is 8.78 Å². The number of aromatic nitrogens is 2. The van der Waals surface area contributed by atoms with Crippen LogP contribution in [-0.4, -0.2) is 27.8 Å². The van der Waals surface area contributed by atoms with Crippen molar-refractivity contribution >= 4 is 27.7 Å². The van der Waals surface area contributed by atoms with Crippen molar-refractivity contribution in [2.24, 2.45) is 0 Å². The average molecular weight is 457 g/mol. The number of alkyl halides is 2. The van der Waals surface area contributed by atoms with E-state index < -0.39 is 24.8 Å². The fourth-order valence-electron chi connectivity index (χ4n) is 3.90. The number of hydrogen-bond acceptors (Lipinski definition) is 1. The maximum atomic E-state index is 13.4. The zero-order valence-corrected chi connectivity index (χ0v) is 18.8. The fraction of sp³-hybridized carbons (Fsp3) is 0.650. The van der Waals surface area contributed by atoms with Gasteiger partial charge >= 0.3 is 155 Å². The Hall–Kier alpha value is -0.651. The Kier molecular flexibility index (Phi) is 8.17. The molecule has 0 saturated heterocycles. The summed E-state index contributed by atoms with van der Waals surface area (Å²) in [5, 5.41) is 0. The van der Waals surface area contributed by atoms with Gasteiger partial charge in [0.25, 0.3) is 0 Å². The molecule has 0 fully saturated rings. The van der Waals surface area contributed by atoms with Crippen LogP contribution < -0.4 is 3.71 Å². The molecule has 5 heteroatoms. The third kappa shape index (κ3) is 4.75. The van der Waals surface area contributed by atoms with Crippen LogP contribution in [0.1, 0.15) is 71.3 Å². The molecule has 0 amide bonds. The van der Waals surface area contributed by atoms with E-state index in [0.717, 1.165) is 0 Å². The molecule has 0 radical (unpaired) electrons. The van der Waals surface area contributed by atoms with E-state index in [1.165, 1.54) is 61.6 Å². The molecule has 2 nitrogen and oxygen atoms in total. The number of hydrogen-bond donors (Lipinski definition) is 0. The number of fused-ring (bicyclic) bond motifs is 1. The summed E-state index contributed by atoms with van der Waals surface area (Å²) < 4.78 is 34.1. The predicted octanol–water partition coefficient (Wildman–Crippen LogP) is 6.33. The molecule has 0 aromatic carbocycles. The average Bonchev–Trinajstić information content (AvgIpc) is 3.06. The van der Waals surface area contributed by atoms with Crippen LogP contribution in [0.25, 0.3) is 5.65 Å². The van der Waals surface area contributed by atoms with Gasteiger partial charge < -0.3 is 0 Å². The second kappa shape index (κ2) is 9.88. The van der Waals surface area contributed by atoms with Crippen LogP contribution in [0.3, 0.4) is 0 Å². The minimum absolute atomic E-state index is 0.0652. The van der Waals surface area contributed by atoms with Gasteiger partial charge in [-0.2, -0.15) is 0 Å². The Morgan fingerprint density at radius 1 is 1.00 bits per heavy atom. The van der Waals surface area contributed by atoms with E-state index in [1.54, 1.807) is 6.07 Å². The van der Waals surface area contributed by atoms with Crippen molar-refractivity contribution in [3.8, 4) is 0 Å². The molecule has 25 heavy (non-hydrogen) atoms. The summed E-state index contributed by atoms with van der Waals surface area (Å²) >= 11 is -2.67. The first kappa shape index (κ1) is 20.7. The van der Waals surface area contributed by atoms with Crippen molar-refractivity contribution in [1.82, 2.24) is 9.38 Å². The van der Waals surface area contributed by atoms with Crippen LogP contribution in [0.15, 0.2) is 24.5 Å². The summed E-state index contributed by atoms with van der Waals surface area (Å²) in [7, 11) is 0. The summed E-state index contributed by atoms with van der Waals surface area (Å²) in [5.41, 5.74) is 0.536. The fourth-order valence-corrected chi connectivity index (χ4v) is 20.0. The van der Waals surface area contributed by atoms with Crippen molar-refractivity contribution in [1.29, 1.82) is 0 Å². The van der Waals surface area contributed by atoms with Gasteiger partial charge in [-0.1, -0.05) is 0 Å². The number of pyridine rings is 1. The molecule has 140 valence electrons. The molecule has 0 N–H and O–H groups in total. The normalized spacial score (nSPS) is 12.4. The van der Waals surface area contributed by atoms with Gasteiger partial charge in [-0.3, -0.25) is 0 Å². The molecule has 0 saturated carbocycles. The topological polar surface area (TPSA) is 17.3 Å². The van der Waals surface area contributed by atoms with Crippen molar-refractivity contribution in [2.45, 2.75) is 79.0 Å².